The van der Waals surface area contributed by atoms with E-state index < -0.39 is 0 Å². The van der Waals surface area contributed by atoms with Gasteiger partial charge in [0.2, 0.25) is 5.91 Å². The lowest BCUT2D eigenvalue weighted by atomic mass is 10.1. The Morgan fingerprint density at radius 3 is 2.52 bits per heavy atom. The number of carbonyl (C=O) groups excluding carboxylic acids is 1. The van der Waals surface area contributed by atoms with Crippen LogP contribution in [-0.4, -0.2) is 26.3 Å². The number of aryl methyl sites for hydroxylation is 3. The zero-order chi connectivity index (χ0) is 17.8. The van der Waals surface area contributed by atoms with E-state index in [0.717, 1.165) is 41.1 Å². The van der Waals surface area contributed by atoms with Crippen molar-refractivity contribution in [2.75, 3.05) is 5.32 Å². The van der Waals surface area contributed by atoms with E-state index in [-0.39, 0.29) is 12.3 Å². The topological polar surface area (TPSA) is 86.5 Å². The molecule has 130 valence electrons. The third-order valence-corrected chi connectivity index (χ3v) is 4.27. The van der Waals surface area contributed by atoms with Crippen LogP contribution in [0, 0.1) is 13.8 Å². The van der Waals surface area contributed by atoms with Crippen molar-refractivity contribution in [3.8, 4) is 11.3 Å². The molecule has 3 N–H and O–H groups in total. The van der Waals surface area contributed by atoms with Crippen molar-refractivity contribution in [3.63, 3.8) is 0 Å². The molecule has 0 unspecified atom stereocenters. The summed E-state index contributed by atoms with van der Waals surface area (Å²) >= 11 is 0. The number of nitrogens with one attached hydrogen (secondary N) is 3. The van der Waals surface area contributed by atoms with Gasteiger partial charge in [-0.15, -0.1) is 0 Å². The Hall–Kier alpha value is -2.89. The highest BCUT2D eigenvalue weighted by Crippen LogP contribution is 2.21. The fraction of sp³-hybridized carbons (Fsp3) is 0.316. The molecule has 3 rings (SSSR count). The van der Waals surface area contributed by atoms with Gasteiger partial charge in [0.15, 0.2) is 5.82 Å². The molecular formula is C19H23N5O. The minimum atomic E-state index is -0.107. The second kappa shape index (κ2) is 7.34. The van der Waals surface area contributed by atoms with Gasteiger partial charge in [-0.1, -0.05) is 37.6 Å². The smallest absolute Gasteiger partial charge is 0.230 e. The maximum Gasteiger partial charge on any atom is 0.230 e. The largest absolute Gasteiger partial charge is 0.309 e. The van der Waals surface area contributed by atoms with Gasteiger partial charge in [0.05, 0.1) is 17.8 Å². The van der Waals surface area contributed by atoms with Gasteiger partial charge in [-0.05, 0) is 31.4 Å². The summed E-state index contributed by atoms with van der Waals surface area (Å²) in [7, 11) is 0. The van der Waals surface area contributed by atoms with Crippen LogP contribution in [0.1, 0.15) is 35.9 Å². The number of nitrogens with zero attached hydrogens (tertiary/aromatic N) is 2. The van der Waals surface area contributed by atoms with Crippen LogP contribution in [0.2, 0.25) is 0 Å². The van der Waals surface area contributed by atoms with Crippen molar-refractivity contribution in [1.29, 1.82) is 0 Å². The molecule has 25 heavy (non-hydrogen) atoms. The molecule has 0 fully saturated rings. The van der Waals surface area contributed by atoms with E-state index in [4.69, 9.17) is 0 Å². The van der Waals surface area contributed by atoms with E-state index in [1.165, 1.54) is 5.56 Å². The summed E-state index contributed by atoms with van der Waals surface area (Å²) in [5, 5.41) is 17.0. The molecule has 2 aromatic heterocycles. The molecule has 1 amide bonds. The van der Waals surface area contributed by atoms with Gasteiger partial charge in [0.25, 0.3) is 0 Å². The van der Waals surface area contributed by atoms with Gasteiger partial charge in [0, 0.05) is 17.3 Å². The molecule has 0 aliphatic heterocycles. The predicted molar refractivity (Wildman–Crippen MR) is 98.4 cm³/mol. The van der Waals surface area contributed by atoms with Crippen LogP contribution in [0.25, 0.3) is 11.3 Å². The standard InChI is InChI=1S/C19H23N5O/c1-4-5-14-6-8-15(9-7-14)17-11-18(24-23-17)20-19(25)10-16-12(2)21-22-13(16)3/h6-9,11H,4-5,10H2,1-3H3,(H,21,22)(H2,20,23,24,25). The number of hydrogen-bond acceptors (Lipinski definition) is 3. The monoisotopic (exact) mass is 337 g/mol. The highest BCUT2D eigenvalue weighted by atomic mass is 16.1. The Morgan fingerprint density at radius 1 is 1.12 bits per heavy atom. The first kappa shape index (κ1) is 17.0. The summed E-state index contributed by atoms with van der Waals surface area (Å²) in [6, 6.07) is 10.2. The van der Waals surface area contributed by atoms with Gasteiger partial charge in [-0.25, -0.2) is 0 Å². The highest BCUT2D eigenvalue weighted by molar-refractivity contribution is 5.92. The Morgan fingerprint density at radius 2 is 1.88 bits per heavy atom. The minimum Gasteiger partial charge on any atom is -0.309 e. The average Bonchev–Trinajstić information content (AvgIpc) is 3.18. The summed E-state index contributed by atoms with van der Waals surface area (Å²) < 4.78 is 0. The van der Waals surface area contributed by atoms with Crippen molar-refractivity contribution in [1.82, 2.24) is 20.4 Å². The molecule has 1 aromatic carbocycles. The minimum absolute atomic E-state index is 0.107. The Bertz CT molecular complexity index is 841. The Kier molecular flexibility index (Phi) is 4.97. The number of aromatic nitrogens is 4. The van der Waals surface area contributed by atoms with Crippen molar-refractivity contribution < 1.29 is 4.79 Å². The molecule has 0 aliphatic carbocycles. The van der Waals surface area contributed by atoms with Gasteiger partial charge < -0.3 is 5.32 Å². The number of aromatic amines is 2. The number of rotatable bonds is 6. The lowest BCUT2D eigenvalue weighted by molar-refractivity contribution is -0.115. The molecule has 0 atom stereocenters. The van der Waals surface area contributed by atoms with Crippen LogP contribution < -0.4 is 5.32 Å². The molecule has 2 heterocycles. The zero-order valence-corrected chi connectivity index (χ0v) is 14.8. The normalized spacial score (nSPS) is 10.8. The predicted octanol–water partition coefficient (Wildman–Crippen LogP) is 3.55. The van der Waals surface area contributed by atoms with E-state index in [2.05, 4.69) is 56.9 Å². The molecule has 0 saturated heterocycles. The quantitative estimate of drug-likeness (QED) is 0.643. The summed E-state index contributed by atoms with van der Waals surface area (Å²) in [4.78, 5) is 12.2. The van der Waals surface area contributed by atoms with Gasteiger partial charge in [0.1, 0.15) is 0 Å². The first-order valence-corrected chi connectivity index (χ1v) is 8.52. The maximum atomic E-state index is 12.2. The Labute approximate surface area is 147 Å². The number of anilines is 1. The molecule has 6 heteroatoms. The fourth-order valence-corrected chi connectivity index (χ4v) is 2.86. The van der Waals surface area contributed by atoms with Crippen molar-refractivity contribution in [3.05, 3.63) is 52.8 Å². The number of carbonyl (C=O) groups is 1. The van der Waals surface area contributed by atoms with E-state index >= 15 is 0 Å². The van der Waals surface area contributed by atoms with Crippen LogP contribution >= 0.6 is 0 Å². The lowest BCUT2D eigenvalue weighted by Crippen LogP contribution is -2.15. The average molecular weight is 337 g/mol. The molecule has 0 aliphatic rings. The molecule has 0 radical (unpaired) electrons. The van der Waals surface area contributed by atoms with E-state index in [1.54, 1.807) is 0 Å². The zero-order valence-electron chi connectivity index (χ0n) is 14.8. The fourth-order valence-electron chi connectivity index (χ4n) is 2.86. The van der Waals surface area contributed by atoms with Crippen LogP contribution in [-0.2, 0) is 17.6 Å². The van der Waals surface area contributed by atoms with Crippen LogP contribution in [0.5, 0.6) is 0 Å². The molecule has 3 aromatic rings. The summed E-state index contributed by atoms with van der Waals surface area (Å²) in [6.07, 6.45) is 2.49. The highest BCUT2D eigenvalue weighted by Gasteiger charge is 2.13. The van der Waals surface area contributed by atoms with Gasteiger partial charge >= 0.3 is 0 Å². The molecular weight excluding hydrogens is 314 g/mol. The maximum absolute atomic E-state index is 12.2. The molecule has 0 bridgehead atoms. The SMILES string of the molecule is CCCc1ccc(-c2cc(NC(=O)Cc3c(C)n[nH]c3C)n[nH]2)cc1. The van der Waals surface area contributed by atoms with Crippen molar-refractivity contribution in [2.24, 2.45) is 0 Å². The number of hydrogen-bond donors (Lipinski definition) is 3. The second-order valence-corrected chi connectivity index (χ2v) is 6.25. The van der Waals surface area contributed by atoms with E-state index in [9.17, 15) is 4.79 Å². The van der Waals surface area contributed by atoms with E-state index in [1.807, 2.05) is 19.9 Å². The first-order chi connectivity index (χ1) is 12.1. The molecule has 0 spiro atoms. The van der Waals surface area contributed by atoms with Gasteiger partial charge in [-0.2, -0.15) is 10.2 Å². The Balaban J connectivity index is 1.66. The number of benzene rings is 1. The third-order valence-electron chi connectivity index (χ3n) is 4.27. The van der Waals surface area contributed by atoms with E-state index in [0.29, 0.717) is 5.82 Å². The summed E-state index contributed by atoms with van der Waals surface area (Å²) in [5.74, 6) is 0.417. The summed E-state index contributed by atoms with van der Waals surface area (Å²) in [5.41, 5.74) is 5.96. The van der Waals surface area contributed by atoms with Crippen molar-refractivity contribution >= 4 is 11.7 Å². The third kappa shape index (κ3) is 3.96. The molecule has 0 saturated carbocycles. The molecule has 6 nitrogen and oxygen atoms in total. The lowest BCUT2D eigenvalue weighted by Gasteiger charge is -2.02. The summed E-state index contributed by atoms with van der Waals surface area (Å²) in [6.45, 7) is 5.97. The second-order valence-electron chi connectivity index (χ2n) is 6.25. The van der Waals surface area contributed by atoms with Crippen LogP contribution in [0.3, 0.4) is 0 Å². The van der Waals surface area contributed by atoms with Crippen molar-refractivity contribution in [2.45, 2.75) is 40.0 Å². The first-order valence-electron chi connectivity index (χ1n) is 8.52. The van der Waals surface area contributed by atoms with Gasteiger partial charge in [-0.3, -0.25) is 15.0 Å². The van der Waals surface area contributed by atoms with Crippen LogP contribution in [0.4, 0.5) is 5.82 Å². The number of amides is 1. The number of H-pyrrole nitrogens is 2. The van der Waals surface area contributed by atoms with Crippen LogP contribution in [0.15, 0.2) is 30.3 Å².